The zero-order valence-corrected chi connectivity index (χ0v) is 11.7. The first-order valence-corrected chi connectivity index (χ1v) is 6.97. The molecule has 1 aromatic heterocycles. The summed E-state index contributed by atoms with van der Waals surface area (Å²) in [6.45, 7) is 5.10. The van der Waals surface area contributed by atoms with Gasteiger partial charge in [-0.25, -0.2) is 0 Å². The Morgan fingerprint density at radius 3 is 2.74 bits per heavy atom. The van der Waals surface area contributed by atoms with Crippen LogP contribution in [0.15, 0.2) is 4.52 Å². The van der Waals surface area contributed by atoms with Gasteiger partial charge in [-0.2, -0.15) is 0 Å². The van der Waals surface area contributed by atoms with Crippen molar-refractivity contribution in [3.05, 3.63) is 17.0 Å². The molecule has 0 radical (unpaired) electrons. The molecule has 1 fully saturated rings. The van der Waals surface area contributed by atoms with Crippen LogP contribution in [0.4, 0.5) is 0 Å². The van der Waals surface area contributed by atoms with Crippen LogP contribution in [0.25, 0.3) is 0 Å². The smallest absolute Gasteiger partial charge is 0.310 e. The first kappa shape index (κ1) is 14.1. The molecule has 2 rings (SSSR count). The van der Waals surface area contributed by atoms with Gasteiger partial charge in [0.25, 0.3) is 0 Å². The number of carboxylic acids is 1. The van der Waals surface area contributed by atoms with Crippen molar-refractivity contribution in [2.24, 2.45) is 5.41 Å². The molecule has 0 amide bonds. The van der Waals surface area contributed by atoms with Crippen LogP contribution in [0, 0.1) is 12.3 Å². The quantitative estimate of drug-likeness (QED) is 0.826. The van der Waals surface area contributed by atoms with Crippen LogP contribution in [0.3, 0.4) is 0 Å². The molecule has 19 heavy (non-hydrogen) atoms. The molecule has 0 aromatic carbocycles. The van der Waals surface area contributed by atoms with E-state index in [-0.39, 0.29) is 0 Å². The highest BCUT2D eigenvalue weighted by Gasteiger charge is 2.40. The third-order valence-corrected chi connectivity index (χ3v) is 4.17. The van der Waals surface area contributed by atoms with Crippen molar-refractivity contribution in [3.63, 3.8) is 0 Å². The number of aryl methyl sites for hydroxylation is 2. The van der Waals surface area contributed by atoms with Gasteiger partial charge >= 0.3 is 5.97 Å². The van der Waals surface area contributed by atoms with Crippen molar-refractivity contribution < 1.29 is 14.4 Å². The fourth-order valence-corrected chi connectivity index (χ4v) is 2.88. The number of rotatable bonds is 6. The lowest BCUT2D eigenvalue weighted by molar-refractivity contribution is -0.148. The number of aromatic nitrogens is 1. The monoisotopic (exact) mass is 266 g/mol. The van der Waals surface area contributed by atoms with E-state index in [2.05, 4.69) is 10.5 Å². The lowest BCUT2D eigenvalue weighted by Gasteiger charge is -2.24. The molecular formula is C14H22N2O3. The summed E-state index contributed by atoms with van der Waals surface area (Å²) in [5.41, 5.74) is 1.39. The number of nitrogens with one attached hydrogen (secondary N) is 1. The molecule has 1 aliphatic rings. The Labute approximate surface area is 113 Å². The molecule has 0 bridgehead atoms. The zero-order chi connectivity index (χ0) is 13.9. The SMILES string of the molecule is CCc1onc(C)c1CNCC1(C(=O)O)CCCC1. The predicted octanol–water partition coefficient (Wildman–Crippen LogP) is 2.28. The molecule has 2 N–H and O–H groups in total. The summed E-state index contributed by atoms with van der Waals surface area (Å²) < 4.78 is 5.23. The average Bonchev–Trinajstić information content (AvgIpc) is 2.98. The van der Waals surface area contributed by atoms with Crippen LogP contribution in [-0.2, 0) is 17.8 Å². The fourth-order valence-electron chi connectivity index (χ4n) is 2.88. The number of carboxylic acid groups (broad SMARTS) is 1. The second-order valence-corrected chi connectivity index (χ2v) is 5.42. The van der Waals surface area contributed by atoms with Crippen LogP contribution in [0.1, 0.15) is 49.6 Å². The van der Waals surface area contributed by atoms with Crippen molar-refractivity contribution in [2.45, 2.75) is 52.5 Å². The highest BCUT2D eigenvalue weighted by molar-refractivity contribution is 5.75. The molecule has 106 valence electrons. The first-order valence-electron chi connectivity index (χ1n) is 6.97. The van der Waals surface area contributed by atoms with Crippen LogP contribution in [-0.4, -0.2) is 22.8 Å². The maximum atomic E-state index is 11.4. The van der Waals surface area contributed by atoms with Gasteiger partial charge in [0.15, 0.2) is 0 Å². The van der Waals surface area contributed by atoms with Crippen molar-refractivity contribution in [1.82, 2.24) is 10.5 Å². The van der Waals surface area contributed by atoms with Gasteiger partial charge in [-0.3, -0.25) is 4.79 Å². The molecular weight excluding hydrogens is 244 g/mol. The second kappa shape index (κ2) is 5.74. The third kappa shape index (κ3) is 2.81. The zero-order valence-electron chi connectivity index (χ0n) is 11.7. The minimum atomic E-state index is -0.671. The van der Waals surface area contributed by atoms with Gasteiger partial charge in [0.05, 0.1) is 11.1 Å². The molecule has 0 spiro atoms. The molecule has 5 nitrogen and oxygen atoms in total. The van der Waals surface area contributed by atoms with Crippen molar-refractivity contribution in [1.29, 1.82) is 0 Å². The van der Waals surface area contributed by atoms with Crippen molar-refractivity contribution in [3.8, 4) is 0 Å². The molecule has 0 atom stereocenters. The molecule has 1 saturated carbocycles. The Balaban J connectivity index is 1.95. The van der Waals surface area contributed by atoms with Gasteiger partial charge in [-0.05, 0) is 19.8 Å². The Bertz CT molecular complexity index is 448. The predicted molar refractivity (Wildman–Crippen MR) is 70.9 cm³/mol. The summed E-state index contributed by atoms with van der Waals surface area (Å²) in [6, 6.07) is 0. The van der Waals surface area contributed by atoms with E-state index in [1.54, 1.807) is 0 Å². The number of hydrogen-bond donors (Lipinski definition) is 2. The van der Waals surface area contributed by atoms with Crippen LogP contribution < -0.4 is 5.32 Å². The molecule has 1 heterocycles. The summed E-state index contributed by atoms with van der Waals surface area (Å²) in [5, 5.41) is 16.7. The molecule has 1 aromatic rings. The lowest BCUT2D eigenvalue weighted by Crippen LogP contribution is -2.38. The third-order valence-electron chi connectivity index (χ3n) is 4.17. The van der Waals surface area contributed by atoms with Crippen molar-refractivity contribution >= 4 is 5.97 Å². The summed E-state index contributed by atoms with van der Waals surface area (Å²) >= 11 is 0. The molecule has 5 heteroatoms. The van der Waals surface area contributed by atoms with E-state index in [0.717, 1.165) is 49.1 Å². The molecule has 0 aliphatic heterocycles. The fraction of sp³-hybridized carbons (Fsp3) is 0.714. The lowest BCUT2D eigenvalue weighted by atomic mass is 9.86. The highest BCUT2D eigenvalue weighted by Crippen LogP contribution is 2.37. The average molecular weight is 266 g/mol. The maximum absolute atomic E-state index is 11.4. The number of aliphatic carboxylic acids is 1. The van der Waals surface area contributed by atoms with E-state index in [1.807, 2.05) is 13.8 Å². The van der Waals surface area contributed by atoms with Crippen molar-refractivity contribution in [2.75, 3.05) is 6.54 Å². The standard InChI is InChI=1S/C14H22N2O3/c1-3-12-11(10(2)16-19-12)8-15-9-14(13(17)18)6-4-5-7-14/h15H,3-9H2,1-2H3,(H,17,18). The van der Waals surface area contributed by atoms with E-state index in [0.29, 0.717) is 13.1 Å². The van der Waals surface area contributed by atoms with Crippen LogP contribution >= 0.6 is 0 Å². The summed E-state index contributed by atoms with van der Waals surface area (Å²) in [7, 11) is 0. The van der Waals surface area contributed by atoms with Crippen LogP contribution in [0.5, 0.6) is 0 Å². The van der Waals surface area contributed by atoms with Crippen LogP contribution in [0.2, 0.25) is 0 Å². The summed E-state index contributed by atoms with van der Waals surface area (Å²) in [6.07, 6.45) is 4.39. The summed E-state index contributed by atoms with van der Waals surface area (Å²) in [5.74, 6) is 0.219. The minimum absolute atomic E-state index is 0.524. The van der Waals surface area contributed by atoms with E-state index in [1.165, 1.54) is 0 Å². The number of nitrogens with zero attached hydrogens (tertiary/aromatic N) is 1. The van der Waals surface area contributed by atoms with E-state index in [4.69, 9.17) is 4.52 Å². The summed E-state index contributed by atoms with van der Waals surface area (Å²) in [4.78, 5) is 11.4. The van der Waals surface area contributed by atoms with E-state index < -0.39 is 11.4 Å². The largest absolute Gasteiger partial charge is 0.481 e. The van der Waals surface area contributed by atoms with Gasteiger partial charge in [0.1, 0.15) is 5.76 Å². The molecule has 0 unspecified atom stereocenters. The van der Waals surface area contributed by atoms with Gasteiger partial charge < -0.3 is 14.9 Å². The number of hydrogen-bond acceptors (Lipinski definition) is 4. The van der Waals surface area contributed by atoms with E-state index in [9.17, 15) is 9.90 Å². The Kier molecular flexibility index (Phi) is 4.24. The van der Waals surface area contributed by atoms with E-state index >= 15 is 0 Å². The minimum Gasteiger partial charge on any atom is -0.481 e. The molecule has 0 saturated heterocycles. The second-order valence-electron chi connectivity index (χ2n) is 5.42. The molecule has 1 aliphatic carbocycles. The normalized spacial score (nSPS) is 17.8. The van der Waals surface area contributed by atoms with Gasteiger partial charge in [0, 0.05) is 25.1 Å². The van der Waals surface area contributed by atoms with Gasteiger partial charge in [-0.1, -0.05) is 24.9 Å². The first-order chi connectivity index (χ1) is 9.09. The van der Waals surface area contributed by atoms with Gasteiger partial charge in [-0.15, -0.1) is 0 Å². The Morgan fingerprint density at radius 1 is 1.47 bits per heavy atom. The van der Waals surface area contributed by atoms with Gasteiger partial charge in [0.2, 0.25) is 0 Å². The topological polar surface area (TPSA) is 75.4 Å². The Morgan fingerprint density at radius 2 is 2.16 bits per heavy atom. The maximum Gasteiger partial charge on any atom is 0.310 e. The number of carbonyl (C=O) groups is 1. The highest BCUT2D eigenvalue weighted by atomic mass is 16.5. The Hall–Kier alpha value is -1.36.